The monoisotopic (exact) mass is 372 g/mol. The van der Waals surface area contributed by atoms with Crippen LogP contribution in [0.4, 0.5) is 0 Å². The molecule has 7 heteroatoms. The molecule has 7 nitrogen and oxygen atoms in total. The number of aliphatic imine (C=N–C) groups is 1. The Bertz CT molecular complexity index is 830. The van der Waals surface area contributed by atoms with Crippen molar-refractivity contribution in [2.75, 3.05) is 46.5 Å². The zero-order valence-electron chi connectivity index (χ0n) is 16.3. The first-order valence-electron chi connectivity index (χ1n) is 9.37. The highest BCUT2D eigenvalue weighted by molar-refractivity contribution is 5.99. The molecule has 0 atom stereocenters. The first-order chi connectivity index (χ1) is 13.1. The highest BCUT2D eigenvalue weighted by Crippen LogP contribution is 2.14. The molecular weight excluding hydrogens is 344 g/mol. The Balaban J connectivity index is 1.68. The Labute approximate surface area is 159 Å². The number of H-pyrrole nitrogens is 1. The van der Waals surface area contributed by atoms with E-state index in [0.29, 0.717) is 5.56 Å². The molecule has 2 aromatic rings. The number of aromatic nitrogens is 2. The number of ether oxygens (including phenoxy) is 2. The van der Waals surface area contributed by atoms with Gasteiger partial charge >= 0.3 is 0 Å². The van der Waals surface area contributed by atoms with Crippen LogP contribution in [0.2, 0.25) is 0 Å². The third-order valence-electron chi connectivity index (χ3n) is 4.85. The normalized spacial score (nSPS) is 15.9. The van der Waals surface area contributed by atoms with E-state index in [2.05, 4.69) is 15.0 Å². The second kappa shape index (κ2) is 9.01. The van der Waals surface area contributed by atoms with Crippen LogP contribution in [0.3, 0.4) is 0 Å². The molecule has 27 heavy (non-hydrogen) atoms. The van der Waals surface area contributed by atoms with Crippen LogP contribution < -0.4 is 10.3 Å². The Morgan fingerprint density at radius 3 is 2.63 bits per heavy atom. The van der Waals surface area contributed by atoms with Crippen molar-refractivity contribution < 1.29 is 9.47 Å². The SMILES string of the molecule is COc1ccc(-n2[nH]c(C)c(C(C)=NCCCN3CCOCC3)c2=O)cc1. The molecular formula is C20H28N4O3. The largest absolute Gasteiger partial charge is 0.497 e. The molecule has 0 amide bonds. The van der Waals surface area contributed by atoms with Gasteiger partial charge in [0.25, 0.3) is 5.56 Å². The maximum atomic E-state index is 12.9. The Morgan fingerprint density at radius 2 is 1.96 bits per heavy atom. The summed E-state index contributed by atoms with van der Waals surface area (Å²) >= 11 is 0. The van der Waals surface area contributed by atoms with Crippen molar-refractivity contribution in [3.63, 3.8) is 0 Å². The minimum Gasteiger partial charge on any atom is -0.497 e. The number of methoxy groups -OCH3 is 1. The summed E-state index contributed by atoms with van der Waals surface area (Å²) < 4.78 is 12.1. The van der Waals surface area contributed by atoms with Gasteiger partial charge in [0.15, 0.2) is 0 Å². The summed E-state index contributed by atoms with van der Waals surface area (Å²) in [5.74, 6) is 0.758. The number of morpholine rings is 1. The molecule has 1 saturated heterocycles. The van der Waals surface area contributed by atoms with Gasteiger partial charge in [0.05, 0.1) is 31.6 Å². The van der Waals surface area contributed by atoms with Crippen molar-refractivity contribution >= 4 is 5.71 Å². The van der Waals surface area contributed by atoms with Crippen LogP contribution in [0.5, 0.6) is 5.75 Å². The van der Waals surface area contributed by atoms with Crippen LogP contribution in [-0.4, -0.2) is 66.9 Å². The maximum Gasteiger partial charge on any atom is 0.280 e. The third-order valence-corrected chi connectivity index (χ3v) is 4.85. The molecule has 0 bridgehead atoms. The van der Waals surface area contributed by atoms with Gasteiger partial charge in [-0.15, -0.1) is 0 Å². The van der Waals surface area contributed by atoms with Gasteiger partial charge in [-0.1, -0.05) is 0 Å². The minimum absolute atomic E-state index is 0.0768. The molecule has 1 N–H and O–H groups in total. The zero-order chi connectivity index (χ0) is 19.2. The molecule has 1 fully saturated rings. The zero-order valence-corrected chi connectivity index (χ0v) is 16.3. The number of aryl methyl sites for hydroxylation is 1. The summed E-state index contributed by atoms with van der Waals surface area (Å²) in [6.45, 7) is 9.16. The van der Waals surface area contributed by atoms with Gasteiger partial charge in [-0.3, -0.25) is 19.8 Å². The first kappa shape index (κ1) is 19.4. The molecule has 1 aliphatic rings. The van der Waals surface area contributed by atoms with Crippen molar-refractivity contribution in [3.05, 3.63) is 45.9 Å². The quantitative estimate of drug-likeness (QED) is 0.596. The average molecular weight is 372 g/mol. The van der Waals surface area contributed by atoms with Crippen LogP contribution in [0.25, 0.3) is 5.69 Å². The fourth-order valence-electron chi connectivity index (χ4n) is 3.33. The van der Waals surface area contributed by atoms with Gasteiger partial charge < -0.3 is 9.47 Å². The Morgan fingerprint density at radius 1 is 1.26 bits per heavy atom. The lowest BCUT2D eigenvalue weighted by Crippen LogP contribution is -2.37. The lowest BCUT2D eigenvalue weighted by molar-refractivity contribution is 0.0377. The number of aromatic amines is 1. The molecule has 3 rings (SSSR count). The number of rotatable bonds is 7. The molecule has 0 saturated carbocycles. The van der Waals surface area contributed by atoms with Crippen LogP contribution >= 0.6 is 0 Å². The minimum atomic E-state index is -0.0768. The van der Waals surface area contributed by atoms with Gasteiger partial charge in [-0.2, -0.15) is 0 Å². The summed E-state index contributed by atoms with van der Waals surface area (Å²) in [4.78, 5) is 19.9. The van der Waals surface area contributed by atoms with E-state index in [1.807, 2.05) is 38.1 Å². The van der Waals surface area contributed by atoms with Crippen molar-refractivity contribution in [2.45, 2.75) is 20.3 Å². The first-order valence-corrected chi connectivity index (χ1v) is 9.37. The predicted molar refractivity (Wildman–Crippen MR) is 107 cm³/mol. The molecule has 1 aromatic heterocycles. The number of benzene rings is 1. The number of hydrogen-bond acceptors (Lipinski definition) is 5. The van der Waals surface area contributed by atoms with Gasteiger partial charge in [-0.25, -0.2) is 4.68 Å². The van der Waals surface area contributed by atoms with Crippen molar-refractivity contribution in [1.82, 2.24) is 14.7 Å². The highest BCUT2D eigenvalue weighted by Gasteiger charge is 2.15. The topological polar surface area (TPSA) is 71.8 Å². The smallest absolute Gasteiger partial charge is 0.280 e. The third kappa shape index (κ3) is 4.67. The van der Waals surface area contributed by atoms with Gasteiger partial charge in [-0.05, 0) is 44.5 Å². The average Bonchev–Trinajstić information content (AvgIpc) is 3.00. The lowest BCUT2D eigenvalue weighted by atomic mass is 10.2. The lowest BCUT2D eigenvalue weighted by Gasteiger charge is -2.26. The van der Waals surface area contributed by atoms with E-state index < -0.39 is 0 Å². The fourth-order valence-corrected chi connectivity index (χ4v) is 3.33. The second-order valence-corrected chi connectivity index (χ2v) is 6.73. The van der Waals surface area contributed by atoms with Crippen LogP contribution in [0.1, 0.15) is 24.6 Å². The predicted octanol–water partition coefficient (Wildman–Crippen LogP) is 2.01. The molecule has 1 aliphatic heterocycles. The standard InChI is InChI=1S/C20H28N4O3/c1-15(21-9-4-10-23-11-13-27-14-12-23)19-16(2)22-24(20(19)25)17-5-7-18(26-3)8-6-17/h5-8,22H,4,9-14H2,1-3H3. The summed E-state index contributed by atoms with van der Waals surface area (Å²) in [5, 5.41) is 3.15. The van der Waals surface area contributed by atoms with E-state index >= 15 is 0 Å². The molecule has 2 heterocycles. The Hall–Kier alpha value is -2.38. The van der Waals surface area contributed by atoms with Crippen LogP contribution in [0.15, 0.2) is 34.1 Å². The highest BCUT2D eigenvalue weighted by atomic mass is 16.5. The number of hydrogen-bond donors (Lipinski definition) is 1. The van der Waals surface area contributed by atoms with Crippen LogP contribution in [-0.2, 0) is 4.74 Å². The van der Waals surface area contributed by atoms with Gasteiger partial charge in [0.2, 0.25) is 0 Å². The summed E-state index contributed by atoms with van der Waals surface area (Å²) in [6.07, 6.45) is 0.980. The molecule has 0 unspecified atom stereocenters. The molecule has 1 aromatic carbocycles. The Kier molecular flexibility index (Phi) is 6.47. The molecule has 0 spiro atoms. The van der Waals surface area contributed by atoms with E-state index in [-0.39, 0.29) is 5.56 Å². The van der Waals surface area contributed by atoms with Crippen molar-refractivity contribution in [1.29, 1.82) is 0 Å². The molecule has 0 radical (unpaired) electrons. The van der Waals surface area contributed by atoms with Crippen LogP contribution in [0, 0.1) is 6.92 Å². The number of nitrogens with one attached hydrogen (secondary N) is 1. The van der Waals surface area contributed by atoms with Crippen molar-refractivity contribution in [3.8, 4) is 11.4 Å². The van der Waals surface area contributed by atoms with Crippen molar-refractivity contribution in [2.24, 2.45) is 4.99 Å². The van der Waals surface area contributed by atoms with Gasteiger partial charge in [0.1, 0.15) is 5.75 Å². The molecule has 0 aliphatic carbocycles. The van der Waals surface area contributed by atoms with E-state index in [1.165, 1.54) is 0 Å². The van der Waals surface area contributed by atoms with E-state index in [0.717, 1.165) is 68.7 Å². The molecule has 146 valence electrons. The van der Waals surface area contributed by atoms with E-state index in [9.17, 15) is 4.79 Å². The summed E-state index contributed by atoms with van der Waals surface area (Å²) in [5.41, 5.74) is 2.95. The van der Waals surface area contributed by atoms with Gasteiger partial charge in [0, 0.05) is 37.6 Å². The van der Waals surface area contributed by atoms with E-state index in [1.54, 1.807) is 11.8 Å². The van der Waals surface area contributed by atoms with E-state index in [4.69, 9.17) is 9.47 Å². The summed E-state index contributed by atoms with van der Waals surface area (Å²) in [6, 6.07) is 7.39. The summed E-state index contributed by atoms with van der Waals surface area (Å²) in [7, 11) is 1.62. The fraction of sp³-hybridized carbons (Fsp3) is 0.500. The maximum absolute atomic E-state index is 12.9. The number of nitrogens with zero attached hydrogens (tertiary/aromatic N) is 3. The second-order valence-electron chi connectivity index (χ2n) is 6.73.